The minimum absolute atomic E-state index is 0.164. The molecule has 0 bridgehead atoms. The van der Waals surface area contributed by atoms with E-state index in [9.17, 15) is 4.79 Å². The monoisotopic (exact) mass is 389 g/mol. The molecule has 148 valence electrons. The van der Waals surface area contributed by atoms with Gasteiger partial charge in [-0.3, -0.25) is 9.78 Å². The SMILES string of the molecule is CCOc1ccc(CC(=O)Oc2ccc(/C=C/c3ccccn3)cc2OC)cc1. The maximum Gasteiger partial charge on any atom is 0.315 e. The molecule has 0 aliphatic heterocycles. The minimum Gasteiger partial charge on any atom is -0.494 e. The lowest BCUT2D eigenvalue weighted by Crippen LogP contribution is -2.12. The molecular weight excluding hydrogens is 366 g/mol. The van der Waals surface area contributed by atoms with Gasteiger partial charge in [-0.1, -0.05) is 30.3 Å². The summed E-state index contributed by atoms with van der Waals surface area (Å²) in [6.45, 7) is 2.53. The van der Waals surface area contributed by atoms with Crippen LogP contribution in [-0.2, 0) is 11.2 Å². The molecule has 0 aliphatic rings. The topological polar surface area (TPSA) is 57.7 Å². The maximum atomic E-state index is 12.3. The van der Waals surface area contributed by atoms with E-state index in [2.05, 4.69) is 4.98 Å². The molecule has 1 aromatic heterocycles. The molecule has 1 heterocycles. The van der Waals surface area contributed by atoms with E-state index in [1.54, 1.807) is 19.4 Å². The second-order valence-electron chi connectivity index (χ2n) is 6.23. The standard InChI is InChI=1S/C24H23NO4/c1-3-28-21-12-8-19(9-13-21)17-24(26)29-22-14-10-18(16-23(22)27-2)7-11-20-6-4-5-15-25-20/h4-16H,3,17H2,1-2H3/b11-7+. The summed E-state index contributed by atoms with van der Waals surface area (Å²) in [5.41, 5.74) is 2.63. The van der Waals surface area contributed by atoms with Crippen LogP contribution < -0.4 is 14.2 Å². The molecule has 29 heavy (non-hydrogen) atoms. The van der Waals surface area contributed by atoms with Crippen molar-refractivity contribution < 1.29 is 19.0 Å². The summed E-state index contributed by atoms with van der Waals surface area (Å²) in [6.07, 6.45) is 5.74. The summed E-state index contributed by atoms with van der Waals surface area (Å²) < 4.78 is 16.3. The normalized spacial score (nSPS) is 10.7. The number of benzene rings is 2. The Balaban J connectivity index is 1.65. The fourth-order valence-electron chi connectivity index (χ4n) is 2.72. The summed E-state index contributed by atoms with van der Waals surface area (Å²) >= 11 is 0. The first kappa shape index (κ1) is 20.1. The Morgan fingerprint density at radius 1 is 1.00 bits per heavy atom. The van der Waals surface area contributed by atoms with E-state index >= 15 is 0 Å². The lowest BCUT2D eigenvalue weighted by Gasteiger charge is -2.10. The van der Waals surface area contributed by atoms with Crippen molar-refractivity contribution in [3.8, 4) is 17.2 Å². The van der Waals surface area contributed by atoms with Gasteiger partial charge in [0.05, 0.1) is 25.8 Å². The predicted molar refractivity (Wildman–Crippen MR) is 113 cm³/mol. The van der Waals surface area contributed by atoms with Gasteiger partial charge in [0.15, 0.2) is 11.5 Å². The highest BCUT2D eigenvalue weighted by Gasteiger charge is 2.11. The van der Waals surface area contributed by atoms with Crippen LogP contribution in [0.15, 0.2) is 66.9 Å². The summed E-state index contributed by atoms with van der Waals surface area (Å²) in [5, 5.41) is 0. The average molecular weight is 389 g/mol. The van der Waals surface area contributed by atoms with Crippen LogP contribution in [0.3, 0.4) is 0 Å². The Morgan fingerprint density at radius 3 is 2.52 bits per heavy atom. The van der Waals surface area contributed by atoms with Gasteiger partial charge >= 0.3 is 5.97 Å². The van der Waals surface area contributed by atoms with Gasteiger partial charge in [-0.15, -0.1) is 0 Å². The fourth-order valence-corrected chi connectivity index (χ4v) is 2.72. The van der Waals surface area contributed by atoms with Crippen LogP contribution in [0, 0.1) is 0 Å². The van der Waals surface area contributed by atoms with Crippen molar-refractivity contribution in [1.82, 2.24) is 4.98 Å². The van der Waals surface area contributed by atoms with Crippen molar-refractivity contribution in [3.63, 3.8) is 0 Å². The Hall–Kier alpha value is -3.60. The third-order valence-electron chi connectivity index (χ3n) is 4.13. The number of carbonyl (C=O) groups excluding carboxylic acids is 1. The number of ether oxygens (including phenoxy) is 3. The summed E-state index contributed by atoms with van der Waals surface area (Å²) in [7, 11) is 1.55. The van der Waals surface area contributed by atoms with Crippen LogP contribution in [0.1, 0.15) is 23.7 Å². The zero-order chi connectivity index (χ0) is 20.5. The molecule has 0 fully saturated rings. The highest BCUT2D eigenvalue weighted by Crippen LogP contribution is 2.29. The smallest absolute Gasteiger partial charge is 0.315 e. The number of hydrogen-bond donors (Lipinski definition) is 0. The van der Waals surface area contributed by atoms with E-state index < -0.39 is 0 Å². The minimum atomic E-state index is -0.357. The third kappa shape index (κ3) is 5.94. The number of carbonyl (C=O) groups is 1. The second kappa shape index (κ2) is 10.1. The zero-order valence-electron chi connectivity index (χ0n) is 16.5. The molecule has 0 aliphatic carbocycles. The Labute approximate surface area is 170 Å². The molecular formula is C24H23NO4. The van der Waals surface area contributed by atoms with Crippen LogP contribution in [0.4, 0.5) is 0 Å². The molecule has 3 aromatic rings. The molecule has 3 rings (SSSR count). The molecule has 0 radical (unpaired) electrons. The Morgan fingerprint density at radius 2 is 1.83 bits per heavy atom. The van der Waals surface area contributed by atoms with Crippen LogP contribution >= 0.6 is 0 Å². The molecule has 0 saturated carbocycles. The van der Waals surface area contributed by atoms with E-state index in [0.29, 0.717) is 18.1 Å². The number of methoxy groups -OCH3 is 1. The first-order valence-electron chi connectivity index (χ1n) is 9.37. The molecule has 0 atom stereocenters. The van der Waals surface area contributed by atoms with Crippen molar-refractivity contribution >= 4 is 18.1 Å². The van der Waals surface area contributed by atoms with Gasteiger partial charge in [0.25, 0.3) is 0 Å². The highest BCUT2D eigenvalue weighted by molar-refractivity contribution is 5.76. The Kier molecular flexibility index (Phi) is 7.00. The molecule has 5 heteroatoms. The highest BCUT2D eigenvalue weighted by atomic mass is 16.6. The van der Waals surface area contributed by atoms with E-state index in [1.165, 1.54) is 0 Å². The van der Waals surface area contributed by atoms with E-state index in [-0.39, 0.29) is 12.4 Å². The summed E-state index contributed by atoms with van der Waals surface area (Å²) in [5.74, 6) is 1.30. The van der Waals surface area contributed by atoms with Crippen LogP contribution in [0.25, 0.3) is 12.2 Å². The first-order valence-corrected chi connectivity index (χ1v) is 9.37. The molecule has 0 saturated heterocycles. The van der Waals surface area contributed by atoms with Crippen molar-refractivity contribution in [2.75, 3.05) is 13.7 Å². The summed E-state index contributed by atoms with van der Waals surface area (Å²) in [4.78, 5) is 16.6. The van der Waals surface area contributed by atoms with E-state index in [4.69, 9.17) is 14.2 Å². The van der Waals surface area contributed by atoms with E-state index in [1.807, 2.05) is 73.7 Å². The van der Waals surface area contributed by atoms with Crippen molar-refractivity contribution in [3.05, 3.63) is 83.7 Å². The van der Waals surface area contributed by atoms with Crippen LogP contribution in [0.2, 0.25) is 0 Å². The van der Waals surface area contributed by atoms with Gasteiger partial charge < -0.3 is 14.2 Å². The van der Waals surface area contributed by atoms with Gasteiger partial charge in [0, 0.05) is 6.20 Å². The first-order chi connectivity index (χ1) is 14.2. The number of pyridine rings is 1. The van der Waals surface area contributed by atoms with Crippen molar-refractivity contribution in [2.45, 2.75) is 13.3 Å². The van der Waals surface area contributed by atoms with Crippen LogP contribution in [-0.4, -0.2) is 24.7 Å². The molecule has 0 unspecified atom stereocenters. The predicted octanol–water partition coefficient (Wildman–Crippen LogP) is 4.81. The maximum absolute atomic E-state index is 12.3. The lowest BCUT2D eigenvalue weighted by atomic mass is 10.1. The van der Waals surface area contributed by atoms with Gasteiger partial charge in [-0.05, 0) is 60.5 Å². The molecule has 0 amide bonds. The van der Waals surface area contributed by atoms with E-state index in [0.717, 1.165) is 22.6 Å². The Bertz CT molecular complexity index is 966. The van der Waals surface area contributed by atoms with Gasteiger partial charge in [0.2, 0.25) is 0 Å². The molecule has 5 nitrogen and oxygen atoms in total. The zero-order valence-corrected chi connectivity index (χ0v) is 16.5. The number of rotatable bonds is 8. The van der Waals surface area contributed by atoms with Gasteiger partial charge in [-0.25, -0.2) is 0 Å². The quantitative estimate of drug-likeness (QED) is 0.409. The largest absolute Gasteiger partial charge is 0.494 e. The number of aromatic nitrogens is 1. The van der Waals surface area contributed by atoms with Crippen LogP contribution in [0.5, 0.6) is 17.2 Å². The average Bonchev–Trinajstić information content (AvgIpc) is 2.75. The third-order valence-corrected chi connectivity index (χ3v) is 4.13. The number of nitrogens with zero attached hydrogens (tertiary/aromatic N) is 1. The van der Waals surface area contributed by atoms with Crippen molar-refractivity contribution in [2.24, 2.45) is 0 Å². The molecule has 2 aromatic carbocycles. The number of hydrogen-bond acceptors (Lipinski definition) is 5. The molecule has 0 spiro atoms. The second-order valence-corrected chi connectivity index (χ2v) is 6.23. The van der Waals surface area contributed by atoms with Gasteiger partial charge in [-0.2, -0.15) is 0 Å². The van der Waals surface area contributed by atoms with Gasteiger partial charge in [0.1, 0.15) is 5.75 Å². The summed E-state index contributed by atoms with van der Waals surface area (Å²) in [6, 6.07) is 18.5. The lowest BCUT2D eigenvalue weighted by molar-refractivity contribution is -0.133. The van der Waals surface area contributed by atoms with Crippen molar-refractivity contribution in [1.29, 1.82) is 0 Å². The molecule has 0 N–H and O–H groups in total. The number of esters is 1. The fraction of sp³-hybridized carbons (Fsp3) is 0.167.